The highest BCUT2D eigenvalue weighted by Gasteiger charge is 2.30. The van der Waals surface area contributed by atoms with Crippen LogP contribution in [0.1, 0.15) is 39.0 Å². The molecule has 92 valence electrons. The Morgan fingerprint density at radius 3 is 2.75 bits per heavy atom. The van der Waals surface area contributed by atoms with E-state index in [0.717, 1.165) is 32.1 Å². The average molecular weight is 226 g/mol. The Kier molecular flexibility index (Phi) is 3.82. The highest BCUT2D eigenvalue weighted by molar-refractivity contribution is 5.78. The summed E-state index contributed by atoms with van der Waals surface area (Å²) in [6.07, 6.45) is 5.56. The lowest BCUT2D eigenvalue weighted by atomic mass is 9.97. The fourth-order valence-corrected chi connectivity index (χ4v) is 2.49. The standard InChI is InChI=1S/C12H22N2O2/c1-9-3-2-4-11(8-15)14(9)7-12(16)13-10-5-6-10/h9-11,15H,2-8H2,1H3,(H,13,16). The van der Waals surface area contributed by atoms with Crippen LogP contribution in [0.3, 0.4) is 0 Å². The molecule has 1 saturated carbocycles. The molecule has 2 N–H and O–H groups in total. The minimum Gasteiger partial charge on any atom is -0.395 e. The normalized spacial score (nSPS) is 31.4. The third kappa shape index (κ3) is 2.95. The minimum absolute atomic E-state index is 0.120. The summed E-state index contributed by atoms with van der Waals surface area (Å²) in [6, 6.07) is 1.02. The summed E-state index contributed by atoms with van der Waals surface area (Å²) in [5.74, 6) is 0.120. The number of rotatable bonds is 4. The van der Waals surface area contributed by atoms with Crippen molar-refractivity contribution < 1.29 is 9.90 Å². The lowest BCUT2D eigenvalue weighted by Crippen LogP contribution is -2.51. The number of carbonyl (C=O) groups excluding carboxylic acids is 1. The van der Waals surface area contributed by atoms with Crippen LogP contribution in [0.25, 0.3) is 0 Å². The first-order chi connectivity index (χ1) is 7.70. The monoisotopic (exact) mass is 226 g/mol. The summed E-state index contributed by atoms with van der Waals surface area (Å²) < 4.78 is 0. The van der Waals surface area contributed by atoms with Gasteiger partial charge in [-0.2, -0.15) is 0 Å². The highest BCUT2D eigenvalue weighted by Crippen LogP contribution is 2.23. The van der Waals surface area contributed by atoms with Gasteiger partial charge in [-0.3, -0.25) is 9.69 Å². The van der Waals surface area contributed by atoms with E-state index in [9.17, 15) is 9.90 Å². The zero-order valence-electron chi connectivity index (χ0n) is 9.98. The molecule has 0 bridgehead atoms. The van der Waals surface area contributed by atoms with Crippen LogP contribution in [-0.2, 0) is 4.79 Å². The van der Waals surface area contributed by atoms with E-state index in [-0.39, 0.29) is 18.6 Å². The van der Waals surface area contributed by atoms with E-state index in [1.54, 1.807) is 0 Å². The molecular formula is C12H22N2O2. The fourth-order valence-electron chi connectivity index (χ4n) is 2.49. The van der Waals surface area contributed by atoms with Crippen LogP contribution in [0.5, 0.6) is 0 Å². The number of nitrogens with zero attached hydrogens (tertiary/aromatic N) is 1. The molecule has 4 nitrogen and oxygen atoms in total. The van der Waals surface area contributed by atoms with Gasteiger partial charge in [0.1, 0.15) is 0 Å². The van der Waals surface area contributed by atoms with Crippen molar-refractivity contribution in [2.24, 2.45) is 0 Å². The molecule has 16 heavy (non-hydrogen) atoms. The first-order valence-electron chi connectivity index (χ1n) is 6.36. The molecule has 0 spiro atoms. The number of hydrogen-bond donors (Lipinski definition) is 2. The molecule has 4 heteroatoms. The topological polar surface area (TPSA) is 52.6 Å². The van der Waals surface area contributed by atoms with E-state index in [4.69, 9.17) is 0 Å². The smallest absolute Gasteiger partial charge is 0.234 e. The van der Waals surface area contributed by atoms with Gasteiger partial charge in [0.2, 0.25) is 5.91 Å². The molecule has 0 aromatic rings. The molecule has 2 aliphatic rings. The number of amides is 1. The summed E-state index contributed by atoms with van der Waals surface area (Å²) in [6.45, 7) is 2.76. The summed E-state index contributed by atoms with van der Waals surface area (Å²) >= 11 is 0. The number of piperidine rings is 1. The summed E-state index contributed by atoms with van der Waals surface area (Å²) in [4.78, 5) is 13.9. The second kappa shape index (κ2) is 5.15. The van der Waals surface area contributed by atoms with Crippen molar-refractivity contribution in [2.75, 3.05) is 13.2 Å². The predicted octanol–water partition coefficient (Wildman–Crippen LogP) is 0.500. The van der Waals surface area contributed by atoms with Crippen LogP contribution < -0.4 is 5.32 Å². The van der Waals surface area contributed by atoms with Crippen LogP contribution in [0.15, 0.2) is 0 Å². The van der Waals surface area contributed by atoms with E-state index in [1.165, 1.54) is 0 Å². The minimum atomic E-state index is 0.120. The Balaban J connectivity index is 1.85. The van der Waals surface area contributed by atoms with Crippen molar-refractivity contribution in [3.8, 4) is 0 Å². The quantitative estimate of drug-likeness (QED) is 0.734. The third-order valence-electron chi connectivity index (χ3n) is 3.67. The molecule has 2 rings (SSSR count). The van der Waals surface area contributed by atoms with E-state index in [1.807, 2.05) is 0 Å². The van der Waals surface area contributed by atoms with Gasteiger partial charge in [-0.05, 0) is 32.6 Å². The third-order valence-corrected chi connectivity index (χ3v) is 3.67. The molecular weight excluding hydrogens is 204 g/mol. The molecule has 2 fully saturated rings. The van der Waals surface area contributed by atoms with Crippen LogP contribution in [0, 0.1) is 0 Å². The maximum absolute atomic E-state index is 11.7. The first-order valence-corrected chi connectivity index (χ1v) is 6.36. The van der Waals surface area contributed by atoms with Gasteiger partial charge in [0.25, 0.3) is 0 Å². The molecule has 2 unspecified atom stereocenters. The predicted molar refractivity (Wildman–Crippen MR) is 62.1 cm³/mol. The molecule has 1 heterocycles. The lowest BCUT2D eigenvalue weighted by molar-refractivity contribution is -0.124. The zero-order chi connectivity index (χ0) is 11.5. The maximum Gasteiger partial charge on any atom is 0.234 e. The van der Waals surface area contributed by atoms with Gasteiger partial charge in [-0.25, -0.2) is 0 Å². The van der Waals surface area contributed by atoms with Crippen molar-refractivity contribution in [1.82, 2.24) is 10.2 Å². The van der Waals surface area contributed by atoms with E-state index < -0.39 is 0 Å². The lowest BCUT2D eigenvalue weighted by Gasteiger charge is -2.39. The average Bonchev–Trinajstić information content (AvgIpc) is 3.05. The zero-order valence-corrected chi connectivity index (χ0v) is 9.98. The Morgan fingerprint density at radius 1 is 1.38 bits per heavy atom. The molecule has 1 aliphatic carbocycles. The highest BCUT2D eigenvalue weighted by atomic mass is 16.3. The van der Waals surface area contributed by atoms with Gasteiger partial charge < -0.3 is 10.4 Å². The molecule has 0 radical (unpaired) electrons. The van der Waals surface area contributed by atoms with Crippen LogP contribution in [0.2, 0.25) is 0 Å². The maximum atomic E-state index is 11.7. The van der Waals surface area contributed by atoms with Crippen LogP contribution >= 0.6 is 0 Å². The molecule has 0 aromatic carbocycles. The second-order valence-electron chi connectivity index (χ2n) is 5.13. The van der Waals surface area contributed by atoms with E-state index in [0.29, 0.717) is 18.6 Å². The van der Waals surface area contributed by atoms with Crippen LogP contribution in [0.4, 0.5) is 0 Å². The molecule has 1 saturated heterocycles. The van der Waals surface area contributed by atoms with Crippen LogP contribution in [-0.4, -0.2) is 47.2 Å². The number of carbonyl (C=O) groups is 1. The molecule has 1 aliphatic heterocycles. The summed E-state index contributed by atoms with van der Waals surface area (Å²) in [5.41, 5.74) is 0. The Hall–Kier alpha value is -0.610. The van der Waals surface area contributed by atoms with E-state index >= 15 is 0 Å². The summed E-state index contributed by atoms with van der Waals surface area (Å²) in [7, 11) is 0. The summed E-state index contributed by atoms with van der Waals surface area (Å²) in [5, 5.41) is 12.3. The SMILES string of the molecule is CC1CCCC(CO)N1CC(=O)NC1CC1. The number of hydrogen-bond acceptors (Lipinski definition) is 3. The Bertz CT molecular complexity index is 253. The van der Waals surface area contributed by atoms with Gasteiger partial charge in [0, 0.05) is 18.1 Å². The van der Waals surface area contributed by atoms with Gasteiger partial charge in [-0.15, -0.1) is 0 Å². The van der Waals surface area contributed by atoms with Gasteiger partial charge in [-0.1, -0.05) is 6.42 Å². The first kappa shape index (κ1) is 11.9. The van der Waals surface area contributed by atoms with Crippen molar-refractivity contribution in [1.29, 1.82) is 0 Å². The van der Waals surface area contributed by atoms with Crippen molar-refractivity contribution in [2.45, 2.75) is 57.2 Å². The van der Waals surface area contributed by atoms with Gasteiger partial charge >= 0.3 is 0 Å². The van der Waals surface area contributed by atoms with Gasteiger partial charge in [0.05, 0.1) is 13.2 Å². The molecule has 1 amide bonds. The molecule has 2 atom stereocenters. The van der Waals surface area contributed by atoms with Crippen molar-refractivity contribution >= 4 is 5.91 Å². The number of likely N-dealkylation sites (tertiary alicyclic amines) is 1. The van der Waals surface area contributed by atoms with E-state index in [2.05, 4.69) is 17.1 Å². The number of nitrogens with one attached hydrogen (secondary N) is 1. The Labute approximate surface area is 97.0 Å². The Morgan fingerprint density at radius 2 is 2.12 bits per heavy atom. The molecule has 0 aromatic heterocycles. The largest absolute Gasteiger partial charge is 0.395 e. The van der Waals surface area contributed by atoms with Gasteiger partial charge in [0.15, 0.2) is 0 Å². The number of aliphatic hydroxyl groups excluding tert-OH is 1. The second-order valence-corrected chi connectivity index (χ2v) is 5.13. The number of aliphatic hydroxyl groups is 1. The fraction of sp³-hybridized carbons (Fsp3) is 0.917. The van der Waals surface area contributed by atoms with Crippen molar-refractivity contribution in [3.05, 3.63) is 0 Å². The van der Waals surface area contributed by atoms with Crippen molar-refractivity contribution in [3.63, 3.8) is 0 Å².